The zero-order chi connectivity index (χ0) is 16.1. The Kier molecular flexibility index (Phi) is 5.38. The van der Waals surface area contributed by atoms with Gasteiger partial charge in [0, 0.05) is 45.9 Å². The van der Waals surface area contributed by atoms with Crippen molar-refractivity contribution in [3.8, 4) is 5.69 Å². The van der Waals surface area contributed by atoms with Gasteiger partial charge in [-0.15, -0.1) is 5.10 Å². The van der Waals surface area contributed by atoms with E-state index < -0.39 is 0 Å². The molecule has 0 amide bonds. The summed E-state index contributed by atoms with van der Waals surface area (Å²) in [6.07, 6.45) is 2.03. The second-order valence-electron chi connectivity index (χ2n) is 6.10. The first-order valence-corrected chi connectivity index (χ1v) is 8.18. The Hall–Kier alpha value is -1.76. The van der Waals surface area contributed by atoms with Crippen molar-refractivity contribution in [3.63, 3.8) is 0 Å². The van der Waals surface area contributed by atoms with Crippen LogP contribution in [-0.4, -0.2) is 70.7 Å². The fourth-order valence-electron chi connectivity index (χ4n) is 3.06. The first kappa shape index (κ1) is 16.1. The maximum absolute atomic E-state index is 5.18. The van der Waals surface area contributed by atoms with Crippen molar-refractivity contribution < 1.29 is 4.74 Å². The van der Waals surface area contributed by atoms with E-state index in [9.17, 15) is 0 Å². The molecule has 124 valence electrons. The van der Waals surface area contributed by atoms with Crippen LogP contribution in [-0.2, 0) is 11.3 Å². The number of ether oxygens (including phenoxy) is 1. The third-order valence-corrected chi connectivity index (χ3v) is 4.38. The van der Waals surface area contributed by atoms with Crippen LogP contribution in [0.2, 0.25) is 0 Å². The summed E-state index contributed by atoms with van der Waals surface area (Å²) in [4.78, 5) is 4.94. The van der Waals surface area contributed by atoms with Crippen molar-refractivity contribution in [1.29, 1.82) is 0 Å². The van der Waals surface area contributed by atoms with Gasteiger partial charge in [-0.05, 0) is 19.1 Å². The maximum atomic E-state index is 5.18. The van der Waals surface area contributed by atoms with Gasteiger partial charge in [0.05, 0.1) is 24.2 Å². The van der Waals surface area contributed by atoms with E-state index in [0.717, 1.165) is 50.7 Å². The molecule has 0 radical (unpaired) electrons. The molecule has 1 aromatic heterocycles. The van der Waals surface area contributed by atoms with Gasteiger partial charge in [-0.2, -0.15) is 0 Å². The van der Waals surface area contributed by atoms with Gasteiger partial charge in [0.1, 0.15) is 0 Å². The Labute approximate surface area is 137 Å². The largest absolute Gasteiger partial charge is 0.383 e. The molecule has 1 saturated heterocycles. The van der Waals surface area contributed by atoms with E-state index in [1.165, 1.54) is 0 Å². The highest BCUT2D eigenvalue weighted by Gasteiger charge is 2.23. The van der Waals surface area contributed by atoms with Crippen LogP contribution in [0.4, 0.5) is 0 Å². The molecule has 6 nitrogen and oxygen atoms in total. The number of methoxy groups -OCH3 is 1. The number of piperazine rings is 1. The van der Waals surface area contributed by atoms with E-state index in [0.29, 0.717) is 6.04 Å². The SMILES string of the molecule is COCCN1CCN(Cc2cn(-c3ccccc3)nn2)CC1C. The molecular formula is C17H25N5O. The van der Waals surface area contributed by atoms with Crippen molar-refractivity contribution in [2.75, 3.05) is 39.9 Å². The molecule has 6 heteroatoms. The Morgan fingerprint density at radius 3 is 2.78 bits per heavy atom. The van der Waals surface area contributed by atoms with Gasteiger partial charge in [-0.25, -0.2) is 4.68 Å². The Balaban J connectivity index is 1.56. The second-order valence-corrected chi connectivity index (χ2v) is 6.10. The lowest BCUT2D eigenvalue weighted by molar-refractivity contribution is 0.0552. The van der Waals surface area contributed by atoms with E-state index in [1.54, 1.807) is 7.11 Å². The number of nitrogens with zero attached hydrogens (tertiary/aromatic N) is 5. The van der Waals surface area contributed by atoms with Crippen LogP contribution in [0.5, 0.6) is 0 Å². The zero-order valence-corrected chi connectivity index (χ0v) is 13.9. The third kappa shape index (κ3) is 4.16. The van der Waals surface area contributed by atoms with Gasteiger partial charge in [0.15, 0.2) is 0 Å². The molecule has 1 unspecified atom stereocenters. The Bertz CT molecular complexity index is 600. The summed E-state index contributed by atoms with van der Waals surface area (Å²) in [5.41, 5.74) is 2.07. The van der Waals surface area contributed by atoms with E-state index >= 15 is 0 Å². The third-order valence-electron chi connectivity index (χ3n) is 4.38. The van der Waals surface area contributed by atoms with Crippen LogP contribution in [0, 0.1) is 0 Å². The lowest BCUT2D eigenvalue weighted by atomic mass is 10.2. The molecule has 0 spiro atoms. The molecule has 1 fully saturated rings. The summed E-state index contributed by atoms with van der Waals surface area (Å²) in [5.74, 6) is 0. The molecule has 23 heavy (non-hydrogen) atoms. The lowest BCUT2D eigenvalue weighted by Gasteiger charge is -2.39. The molecule has 3 rings (SSSR count). The van der Waals surface area contributed by atoms with Crippen molar-refractivity contribution in [2.45, 2.75) is 19.5 Å². The summed E-state index contributed by atoms with van der Waals surface area (Å²) >= 11 is 0. The summed E-state index contributed by atoms with van der Waals surface area (Å²) in [5, 5.41) is 8.56. The van der Waals surface area contributed by atoms with Crippen molar-refractivity contribution >= 4 is 0 Å². The Morgan fingerprint density at radius 2 is 2.04 bits per heavy atom. The second kappa shape index (κ2) is 7.68. The predicted molar refractivity (Wildman–Crippen MR) is 89.5 cm³/mol. The molecule has 0 N–H and O–H groups in total. The van der Waals surface area contributed by atoms with E-state index in [4.69, 9.17) is 4.74 Å². The normalized spacial score (nSPS) is 20.0. The standard InChI is InChI=1S/C17H25N5O/c1-15-12-20(8-9-21(15)10-11-23-2)13-16-14-22(19-18-16)17-6-4-3-5-7-17/h3-7,14-15H,8-13H2,1-2H3. The lowest BCUT2D eigenvalue weighted by Crippen LogP contribution is -2.52. The summed E-state index contributed by atoms with van der Waals surface area (Å²) in [6, 6.07) is 10.6. The first-order valence-electron chi connectivity index (χ1n) is 8.18. The summed E-state index contributed by atoms with van der Waals surface area (Å²) in [6.45, 7) is 8.15. The molecule has 1 atom stereocenters. The Morgan fingerprint density at radius 1 is 1.22 bits per heavy atom. The molecule has 2 heterocycles. The number of hydrogen-bond acceptors (Lipinski definition) is 5. The number of aromatic nitrogens is 3. The fourth-order valence-corrected chi connectivity index (χ4v) is 3.06. The average molecular weight is 315 g/mol. The van der Waals surface area contributed by atoms with E-state index in [1.807, 2.05) is 41.2 Å². The van der Waals surface area contributed by atoms with Crippen molar-refractivity contribution in [2.24, 2.45) is 0 Å². The molecule has 0 saturated carbocycles. The fraction of sp³-hybridized carbons (Fsp3) is 0.529. The van der Waals surface area contributed by atoms with Gasteiger partial charge in [-0.1, -0.05) is 23.4 Å². The van der Waals surface area contributed by atoms with Crippen LogP contribution < -0.4 is 0 Å². The topological polar surface area (TPSA) is 46.4 Å². The molecular weight excluding hydrogens is 290 g/mol. The number of para-hydroxylation sites is 1. The molecule has 2 aromatic rings. The number of hydrogen-bond donors (Lipinski definition) is 0. The van der Waals surface area contributed by atoms with Crippen LogP contribution >= 0.6 is 0 Å². The first-order chi connectivity index (χ1) is 11.3. The van der Waals surface area contributed by atoms with Gasteiger partial charge in [0.25, 0.3) is 0 Å². The van der Waals surface area contributed by atoms with Crippen molar-refractivity contribution in [1.82, 2.24) is 24.8 Å². The monoisotopic (exact) mass is 315 g/mol. The highest BCUT2D eigenvalue weighted by Crippen LogP contribution is 2.13. The van der Waals surface area contributed by atoms with Gasteiger partial charge < -0.3 is 4.74 Å². The molecule has 1 aliphatic rings. The quantitative estimate of drug-likeness (QED) is 0.807. The van der Waals surface area contributed by atoms with Gasteiger partial charge >= 0.3 is 0 Å². The predicted octanol–water partition coefficient (Wildman–Crippen LogP) is 1.42. The van der Waals surface area contributed by atoms with Crippen LogP contribution in [0.3, 0.4) is 0 Å². The van der Waals surface area contributed by atoms with Crippen LogP contribution in [0.25, 0.3) is 5.69 Å². The minimum Gasteiger partial charge on any atom is -0.383 e. The highest BCUT2D eigenvalue weighted by atomic mass is 16.5. The van der Waals surface area contributed by atoms with E-state index in [2.05, 4.69) is 27.0 Å². The summed E-state index contributed by atoms with van der Waals surface area (Å²) in [7, 11) is 1.76. The molecule has 1 aliphatic heterocycles. The molecule has 0 aliphatic carbocycles. The zero-order valence-electron chi connectivity index (χ0n) is 13.9. The molecule has 1 aromatic carbocycles. The highest BCUT2D eigenvalue weighted by molar-refractivity contribution is 5.29. The minimum atomic E-state index is 0.545. The summed E-state index contributed by atoms with van der Waals surface area (Å²) < 4.78 is 7.02. The minimum absolute atomic E-state index is 0.545. The van der Waals surface area contributed by atoms with Crippen molar-refractivity contribution in [3.05, 3.63) is 42.2 Å². The van der Waals surface area contributed by atoms with Crippen LogP contribution in [0.15, 0.2) is 36.5 Å². The van der Waals surface area contributed by atoms with Gasteiger partial charge in [0.2, 0.25) is 0 Å². The molecule has 0 bridgehead atoms. The maximum Gasteiger partial charge on any atom is 0.0971 e. The average Bonchev–Trinajstić information content (AvgIpc) is 3.03. The smallest absolute Gasteiger partial charge is 0.0971 e. The van der Waals surface area contributed by atoms with Gasteiger partial charge in [-0.3, -0.25) is 9.80 Å². The van der Waals surface area contributed by atoms with E-state index in [-0.39, 0.29) is 0 Å². The number of benzene rings is 1. The number of rotatable bonds is 6. The van der Waals surface area contributed by atoms with Crippen LogP contribution in [0.1, 0.15) is 12.6 Å².